The second kappa shape index (κ2) is 6.00. The third-order valence-electron chi connectivity index (χ3n) is 2.71. The monoisotopic (exact) mass is 223 g/mol. The molecule has 0 aromatic carbocycles. The van der Waals surface area contributed by atoms with Crippen molar-refractivity contribution in [2.45, 2.75) is 60.2 Å². The largest absolute Gasteiger partial charge is 0.362 e. The van der Waals surface area contributed by atoms with E-state index >= 15 is 0 Å². The van der Waals surface area contributed by atoms with Gasteiger partial charge in [-0.05, 0) is 46.9 Å². The predicted octanol–water partition coefficient (Wildman–Crippen LogP) is 4.13. The molecule has 1 unspecified atom stereocenters. The Morgan fingerprint density at radius 3 is 2.31 bits per heavy atom. The molecule has 0 aromatic heterocycles. The number of aliphatic imine (C=N–C) groups is 1. The van der Waals surface area contributed by atoms with E-state index in [-0.39, 0.29) is 11.7 Å². The van der Waals surface area contributed by atoms with E-state index < -0.39 is 0 Å². The summed E-state index contributed by atoms with van der Waals surface area (Å²) in [5.41, 5.74) is 3.14. The van der Waals surface area contributed by atoms with Gasteiger partial charge in [-0.15, -0.1) is 0 Å². The fourth-order valence-electron chi connectivity index (χ4n) is 2.10. The molecule has 0 spiro atoms. The van der Waals surface area contributed by atoms with Crippen molar-refractivity contribution in [1.29, 1.82) is 0 Å². The summed E-state index contributed by atoms with van der Waals surface area (Å²) in [5, 5.41) is 0. The summed E-state index contributed by atoms with van der Waals surface area (Å²) < 4.78 is 5.84. The van der Waals surface area contributed by atoms with Gasteiger partial charge in [-0.25, -0.2) is 0 Å². The van der Waals surface area contributed by atoms with E-state index in [0.29, 0.717) is 0 Å². The molecule has 1 aliphatic rings. The number of rotatable bonds is 2. The molecule has 2 heteroatoms. The Labute approximate surface area is 100 Å². The number of hydrogen-bond acceptors (Lipinski definition) is 2. The molecule has 0 saturated heterocycles. The third-order valence-corrected chi connectivity index (χ3v) is 2.71. The Morgan fingerprint density at radius 1 is 1.44 bits per heavy atom. The quantitative estimate of drug-likeness (QED) is 0.645. The summed E-state index contributed by atoms with van der Waals surface area (Å²) in [4.78, 5) is 4.08. The van der Waals surface area contributed by atoms with Crippen LogP contribution in [0, 0.1) is 0 Å². The molecule has 0 saturated carbocycles. The molecule has 0 fully saturated rings. The molecule has 2 nitrogen and oxygen atoms in total. The first kappa shape index (κ1) is 15.1. The molecule has 92 valence electrons. The lowest BCUT2D eigenvalue weighted by Gasteiger charge is -2.23. The Bertz CT molecular complexity index is 311. The lowest BCUT2D eigenvalue weighted by molar-refractivity contribution is 0.00298. The molecule has 0 radical (unpaired) electrons. The molecule has 0 aliphatic carbocycles. The van der Waals surface area contributed by atoms with Crippen LogP contribution in [0.3, 0.4) is 0 Å². The minimum Gasteiger partial charge on any atom is -0.362 e. The van der Waals surface area contributed by atoms with Crippen molar-refractivity contribution in [1.82, 2.24) is 0 Å². The lowest BCUT2D eigenvalue weighted by Crippen LogP contribution is -2.24. The predicted molar refractivity (Wildman–Crippen MR) is 72.0 cm³/mol. The van der Waals surface area contributed by atoms with Crippen LogP contribution in [0.2, 0.25) is 0 Å². The van der Waals surface area contributed by atoms with Gasteiger partial charge in [-0.3, -0.25) is 4.99 Å². The van der Waals surface area contributed by atoms with E-state index in [9.17, 15) is 0 Å². The van der Waals surface area contributed by atoms with E-state index in [1.165, 1.54) is 11.1 Å². The van der Waals surface area contributed by atoms with Gasteiger partial charge in [0.25, 0.3) is 0 Å². The highest BCUT2D eigenvalue weighted by molar-refractivity contribution is 5.46. The van der Waals surface area contributed by atoms with Crippen molar-refractivity contribution in [2.75, 3.05) is 0 Å². The third kappa shape index (κ3) is 2.82. The van der Waals surface area contributed by atoms with Gasteiger partial charge in [0.15, 0.2) is 0 Å². The van der Waals surface area contributed by atoms with Gasteiger partial charge < -0.3 is 4.74 Å². The molecule has 0 amide bonds. The van der Waals surface area contributed by atoms with Crippen LogP contribution in [-0.2, 0) is 4.74 Å². The summed E-state index contributed by atoms with van der Waals surface area (Å²) in [7, 11) is 0. The zero-order valence-electron chi connectivity index (χ0n) is 11.7. The SMILES string of the molecule is C=NC1=C(/C(C)=C\C)C(C)(C)OC1C.CC. The number of nitrogens with zero attached hydrogens (tertiary/aromatic N) is 1. The summed E-state index contributed by atoms with van der Waals surface area (Å²) in [5.74, 6) is 0. The molecule has 1 aliphatic heterocycles. The molecule has 0 N–H and O–H groups in total. The van der Waals surface area contributed by atoms with Crippen LogP contribution in [0.5, 0.6) is 0 Å². The van der Waals surface area contributed by atoms with Crippen molar-refractivity contribution >= 4 is 6.72 Å². The van der Waals surface area contributed by atoms with Crippen LogP contribution < -0.4 is 0 Å². The molecule has 1 rings (SSSR count). The van der Waals surface area contributed by atoms with Crippen LogP contribution in [0.1, 0.15) is 48.5 Å². The Balaban J connectivity index is 0.00000106. The Kier molecular flexibility index (Phi) is 5.66. The van der Waals surface area contributed by atoms with Gasteiger partial charge in [0, 0.05) is 5.57 Å². The molecule has 1 atom stereocenters. The highest BCUT2D eigenvalue weighted by atomic mass is 16.5. The van der Waals surface area contributed by atoms with E-state index in [0.717, 1.165) is 5.70 Å². The summed E-state index contributed by atoms with van der Waals surface area (Å²) in [6, 6.07) is 0. The maximum Gasteiger partial charge on any atom is 0.0982 e. The Hall–Kier alpha value is -0.890. The smallest absolute Gasteiger partial charge is 0.0982 e. The molecular weight excluding hydrogens is 198 g/mol. The first-order valence-corrected chi connectivity index (χ1v) is 5.96. The van der Waals surface area contributed by atoms with Crippen LogP contribution in [0.15, 0.2) is 27.9 Å². The van der Waals surface area contributed by atoms with Crippen molar-refractivity contribution in [3.63, 3.8) is 0 Å². The highest BCUT2D eigenvalue weighted by Gasteiger charge is 2.38. The van der Waals surface area contributed by atoms with Crippen molar-refractivity contribution in [2.24, 2.45) is 4.99 Å². The molecule has 0 aromatic rings. The van der Waals surface area contributed by atoms with Crippen LogP contribution in [0.25, 0.3) is 0 Å². The molecule has 0 bridgehead atoms. The average Bonchev–Trinajstić information content (AvgIpc) is 2.49. The zero-order valence-corrected chi connectivity index (χ0v) is 11.7. The summed E-state index contributed by atoms with van der Waals surface area (Å²) in [6.07, 6.45) is 2.14. The topological polar surface area (TPSA) is 21.6 Å². The van der Waals surface area contributed by atoms with Gasteiger partial charge in [-0.2, -0.15) is 0 Å². The van der Waals surface area contributed by atoms with Crippen molar-refractivity contribution in [3.05, 3.63) is 22.9 Å². The first-order chi connectivity index (χ1) is 7.44. The lowest BCUT2D eigenvalue weighted by atomic mass is 9.91. The molecule has 1 heterocycles. The van der Waals surface area contributed by atoms with E-state index in [1.807, 2.05) is 27.7 Å². The zero-order chi connectivity index (χ0) is 12.9. The number of allylic oxidation sites excluding steroid dienone is 1. The van der Waals surface area contributed by atoms with Gasteiger partial charge in [0.2, 0.25) is 0 Å². The van der Waals surface area contributed by atoms with E-state index in [2.05, 4.69) is 38.6 Å². The van der Waals surface area contributed by atoms with Crippen LogP contribution in [-0.4, -0.2) is 18.4 Å². The normalized spacial score (nSPS) is 23.9. The highest BCUT2D eigenvalue weighted by Crippen LogP contribution is 2.39. The van der Waals surface area contributed by atoms with E-state index in [1.54, 1.807) is 0 Å². The minimum absolute atomic E-state index is 0.0485. The molecule has 16 heavy (non-hydrogen) atoms. The van der Waals surface area contributed by atoms with Crippen molar-refractivity contribution < 1.29 is 4.74 Å². The van der Waals surface area contributed by atoms with Gasteiger partial charge in [-0.1, -0.05) is 19.9 Å². The fraction of sp³-hybridized carbons (Fsp3) is 0.643. The second-order valence-corrected chi connectivity index (χ2v) is 4.16. The van der Waals surface area contributed by atoms with E-state index in [4.69, 9.17) is 4.74 Å². The summed E-state index contributed by atoms with van der Waals surface area (Å²) >= 11 is 0. The van der Waals surface area contributed by atoms with Gasteiger partial charge in [0.05, 0.1) is 17.4 Å². The fourth-order valence-corrected chi connectivity index (χ4v) is 2.10. The Morgan fingerprint density at radius 2 is 1.94 bits per heavy atom. The second-order valence-electron chi connectivity index (χ2n) is 4.16. The van der Waals surface area contributed by atoms with Gasteiger partial charge >= 0.3 is 0 Å². The minimum atomic E-state index is -0.244. The summed E-state index contributed by atoms with van der Waals surface area (Å²) in [6.45, 7) is 17.9. The maximum absolute atomic E-state index is 5.84. The number of ether oxygens (including phenoxy) is 1. The standard InChI is InChI=1S/C12H19NO.C2H6/c1-7-8(2)10-11(13-6)9(3)14-12(10,4)5;1-2/h7,9H,6H2,1-5H3;1-2H3/b8-7-;. The molecular formula is C14H25NO. The van der Waals surface area contributed by atoms with Gasteiger partial charge in [0.1, 0.15) is 0 Å². The maximum atomic E-state index is 5.84. The van der Waals surface area contributed by atoms with Crippen LogP contribution >= 0.6 is 0 Å². The first-order valence-electron chi connectivity index (χ1n) is 5.96. The number of hydrogen-bond donors (Lipinski definition) is 0. The van der Waals surface area contributed by atoms with Crippen molar-refractivity contribution in [3.8, 4) is 0 Å². The van der Waals surface area contributed by atoms with Crippen LogP contribution in [0.4, 0.5) is 0 Å². The average molecular weight is 223 g/mol.